The molecule has 0 amide bonds. The molecule has 4 aromatic rings. The molecule has 0 atom stereocenters. The Hall–Kier alpha value is -3.87. The molecule has 0 unspecified atom stereocenters. The molecule has 0 spiro atoms. The Bertz CT molecular complexity index is 1230. The quantitative estimate of drug-likeness (QED) is 0.321. The molecule has 1 N–H and O–H groups in total. The lowest BCUT2D eigenvalue weighted by atomic mass is 10.1. The standard InChI is InChI=1S/C27H29N3O4/c1-3-7-25-22(12-15-26(31)32)16-28-30(25)17-20-10-13-23(14-11-20)33-18-24-19(2)34-27(29-24)21-8-5-4-6-9-21/h4-6,8-11,13-14,16H,3,7,12,15,17-18H2,1-2H3,(H,31,32). The first-order chi connectivity index (χ1) is 16.5. The van der Waals surface area contributed by atoms with Crippen molar-refractivity contribution < 1.29 is 19.1 Å². The second-order valence-electron chi connectivity index (χ2n) is 8.24. The summed E-state index contributed by atoms with van der Waals surface area (Å²) in [7, 11) is 0. The summed E-state index contributed by atoms with van der Waals surface area (Å²) in [6.07, 6.45) is 4.27. The van der Waals surface area contributed by atoms with Crippen LogP contribution in [0.5, 0.6) is 5.75 Å². The fourth-order valence-electron chi connectivity index (χ4n) is 3.84. The number of aryl methyl sites for hydroxylation is 2. The van der Waals surface area contributed by atoms with E-state index in [2.05, 4.69) is 17.0 Å². The van der Waals surface area contributed by atoms with Gasteiger partial charge in [-0.25, -0.2) is 4.98 Å². The van der Waals surface area contributed by atoms with E-state index in [0.29, 0.717) is 25.5 Å². The lowest BCUT2D eigenvalue weighted by molar-refractivity contribution is -0.136. The van der Waals surface area contributed by atoms with E-state index in [4.69, 9.17) is 14.3 Å². The highest BCUT2D eigenvalue weighted by Gasteiger charge is 2.13. The minimum absolute atomic E-state index is 0.117. The second-order valence-corrected chi connectivity index (χ2v) is 8.24. The van der Waals surface area contributed by atoms with Crippen molar-refractivity contribution in [3.8, 4) is 17.2 Å². The van der Waals surface area contributed by atoms with Gasteiger partial charge in [-0.05, 0) is 55.2 Å². The normalized spacial score (nSPS) is 11.0. The van der Waals surface area contributed by atoms with Gasteiger partial charge in [0.15, 0.2) is 0 Å². The van der Waals surface area contributed by atoms with Crippen LogP contribution in [0.2, 0.25) is 0 Å². The SMILES string of the molecule is CCCc1c(CCC(=O)O)cnn1Cc1ccc(OCc2nc(-c3ccccc3)oc2C)cc1. The Morgan fingerprint density at radius 2 is 1.85 bits per heavy atom. The molecular formula is C27H29N3O4. The van der Waals surface area contributed by atoms with E-state index in [1.807, 2.05) is 66.2 Å². The zero-order chi connectivity index (χ0) is 23.9. The van der Waals surface area contributed by atoms with E-state index in [0.717, 1.165) is 52.4 Å². The third kappa shape index (κ3) is 5.73. The van der Waals surface area contributed by atoms with Crippen molar-refractivity contribution in [3.63, 3.8) is 0 Å². The van der Waals surface area contributed by atoms with Crippen LogP contribution in [-0.2, 0) is 30.8 Å². The topological polar surface area (TPSA) is 90.4 Å². The van der Waals surface area contributed by atoms with Crippen molar-refractivity contribution in [2.45, 2.75) is 52.7 Å². The average Bonchev–Trinajstić information content (AvgIpc) is 3.41. The zero-order valence-electron chi connectivity index (χ0n) is 19.5. The maximum Gasteiger partial charge on any atom is 0.303 e. The van der Waals surface area contributed by atoms with Crippen LogP contribution in [0, 0.1) is 6.92 Å². The molecule has 0 aliphatic carbocycles. The predicted molar refractivity (Wildman–Crippen MR) is 129 cm³/mol. The summed E-state index contributed by atoms with van der Waals surface area (Å²) in [5.41, 5.74) is 4.94. The fourth-order valence-corrected chi connectivity index (χ4v) is 3.84. The van der Waals surface area contributed by atoms with Gasteiger partial charge in [0.25, 0.3) is 0 Å². The van der Waals surface area contributed by atoms with Gasteiger partial charge in [0, 0.05) is 17.7 Å². The van der Waals surface area contributed by atoms with E-state index < -0.39 is 5.97 Å². The number of rotatable bonds is 11. The molecule has 2 aromatic carbocycles. The molecule has 4 rings (SSSR count). The Balaban J connectivity index is 1.39. The molecule has 7 heteroatoms. The molecule has 7 nitrogen and oxygen atoms in total. The van der Waals surface area contributed by atoms with Crippen LogP contribution in [0.25, 0.3) is 11.5 Å². The molecule has 176 valence electrons. The molecule has 0 bridgehead atoms. The lowest BCUT2D eigenvalue weighted by Gasteiger charge is -2.10. The number of nitrogens with zero attached hydrogens (tertiary/aromatic N) is 3. The van der Waals surface area contributed by atoms with Crippen LogP contribution in [0.4, 0.5) is 0 Å². The maximum atomic E-state index is 11.0. The lowest BCUT2D eigenvalue weighted by Crippen LogP contribution is -2.08. The van der Waals surface area contributed by atoms with Crippen LogP contribution >= 0.6 is 0 Å². The number of ether oxygens (including phenoxy) is 1. The van der Waals surface area contributed by atoms with Crippen molar-refractivity contribution in [2.75, 3.05) is 0 Å². The average molecular weight is 460 g/mol. The van der Waals surface area contributed by atoms with Gasteiger partial charge in [0.2, 0.25) is 5.89 Å². The molecule has 0 saturated heterocycles. The summed E-state index contributed by atoms with van der Waals surface area (Å²) in [5.74, 6) is 1.31. The molecule has 0 fully saturated rings. The van der Waals surface area contributed by atoms with Crippen LogP contribution in [-0.4, -0.2) is 25.8 Å². The van der Waals surface area contributed by atoms with Crippen LogP contribution in [0.1, 0.15) is 48.0 Å². The summed E-state index contributed by atoms with van der Waals surface area (Å²) in [6, 6.07) is 17.7. The summed E-state index contributed by atoms with van der Waals surface area (Å²) < 4.78 is 13.7. The zero-order valence-corrected chi connectivity index (χ0v) is 19.5. The summed E-state index contributed by atoms with van der Waals surface area (Å²) in [6.45, 7) is 4.97. The minimum atomic E-state index is -0.789. The third-order valence-corrected chi connectivity index (χ3v) is 5.67. The Morgan fingerprint density at radius 3 is 2.56 bits per heavy atom. The highest BCUT2D eigenvalue weighted by Crippen LogP contribution is 2.23. The number of aromatic nitrogens is 3. The smallest absolute Gasteiger partial charge is 0.303 e. The van der Waals surface area contributed by atoms with Gasteiger partial charge in [-0.2, -0.15) is 5.10 Å². The van der Waals surface area contributed by atoms with E-state index >= 15 is 0 Å². The van der Waals surface area contributed by atoms with Gasteiger partial charge in [0.05, 0.1) is 12.7 Å². The molecule has 0 aliphatic heterocycles. The first-order valence-electron chi connectivity index (χ1n) is 11.5. The van der Waals surface area contributed by atoms with Gasteiger partial charge in [-0.15, -0.1) is 0 Å². The van der Waals surface area contributed by atoms with Crippen molar-refractivity contribution in [3.05, 3.63) is 89.1 Å². The van der Waals surface area contributed by atoms with Gasteiger partial charge < -0.3 is 14.3 Å². The van der Waals surface area contributed by atoms with Crippen molar-refractivity contribution in [1.29, 1.82) is 0 Å². The number of carboxylic acid groups (broad SMARTS) is 1. The van der Waals surface area contributed by atoms with Crippen LogP contribution < -0.4 is 4.74 Å². The fraction of sp³-hybridized carbons (Fsp3) is 0.296. The molecular weight excluding hydrogens is 430 g/mol. The number of hydrogen-bond acceptors (Lipinski definition) is 5. The van der Waals surface area contributed by atoms with Crippen molar-refractivity contribution in [2.24, 2.45) is 0 Å². The van der Waals surface area contributed by atoms with Gasteiger partial charge in [-0.3, -0.25) is 9.48 Å². The summed E-state index contributed by atoms with van der Waals surface area (Å²) in [5, 5.41) is 13.5. The predicted octanol–water partition coefficient (Wildman–Crippen LogP) is 5.44. The number of benzene rings is 2. The van der Waals surface area contributed by atoms with Crippen molar-refractivity contribution in [1.82, 2.24) is 14.8 Å². The molecule has 34 heavy (non-hydrogen) atoms. The maximum absolute atomic E-state index is 11.0. The molecule has 0 radical (unpaired) electrons. The first kappa shape index (κ1) is 23.3. The van der Waals surface area contributed by atoms with Gasteiger partial charge in [0.1, 0.15) is 23.8 Å². The Morgan fingerprint density at radius 1 is 1.09 bits per heavy atom. The Labute approximate surface area is 199 Å². The Kier molecular flexibility index (Phi) is 7.42. The van der Waals surface area contributed by atoms with Crippen LogP contribution in [0.3, 0.4) is 0 Å². The summed E-state index contributed by atoms with van der Waals surface area (Å²) in [4.78, 5) is 15.5. The summed E-state index contributed by atoms with van der Waals surface area (Å²) >= 11 is 0. The van der Waals surface area contributed by atoms with E-state index in [1.54, 1.807) is 6.20 Å². The number of oxazole rings is 1. The molecule has 2 aromatic heterocycles. The van der Waals surface area contributed by atoms with Crippen molar-refractivity contribution >= 4 is 5.97 Å². The largest absolute Gasteiger partial charge is 0.487 e. The number of carbonyl (C=O) groups is 1. The number of carboxylic acids is 1. The second kappa shape index (κ2) is 10.8. The number of hydrogen-bond donors (Lipinski definition) is 1. The molecule has 0 aliphatic rings. The van der Waals surface area contributed by atoms with Gasteiger partial charge >= 0.3 is 5.97 Å². The monoisotopic (exact) mass is 459 g/mol. The highest BCUT2D eigenvalue weighted by atomic mass is 16.5. The minimum Gasteiger partial charge on any atom is -0.487 e. The van der Waals surface area contributed by atoms with E-state index in [-0.39, 0.29) is 6.42 Å². The number of aliphatic carboxylic acids is 1. The van der Waals surface area contributed by atoms with Crippen LogP contribution in [0.15, 0.2) is 65.2 Å². The third-order valence-electron chi connectivity index (χ3n) is 5.67. The first-order valence-corrected chi connectivity index (χ1v) is 11.5. The molecule has 0 saturated carbocycles. The van der Waals surface area contributed by atoms with E-state index in [1.165, 1.54) is 0 Å². The molecule has 2 heterocycles. The van der Waals surface area contributed by atoms with E-state index in [9.17, 15) is 4.79 Å². The highest BCUT2D eigenvalue weighted by molar-refractivity contribution is 5.67. The van der Waals surface area contributed by atoms with Gasteiger partial charge in [-0.1, -0.05) is 43.7 Å².